The Balaban J connectivity index is 2.42. The second kappa shape index (κ2) is 4.22. The molecule has 0 saturated carbocycles. The quantitative estimate of drug-likeness (QED) is 0.616. The molecule has 1 fully saturated rings. The van der Waals surface area contributed by atoms with Crippen LogP contribution < -0.4 is 0 Å². The van der Waals surface area contributed by atoms with Gasteiger partial charge >= 0.3 is 8.60 Å². The van der Waals surface area contributed by atoms with Crippen LogP contribution in [-0.2, 0) is 13.6 Å². The molecule has 0 amide bonds. The highest BCUT2D eigenvalue weighted by Crippen LogP contribution is 2.49. The van der Waals surface area contributed by atoms with Crippen LogP contribution in [0.25, 0.3) is 0 Å². The fraction of sp³-hybridized carbons (Fsp3) is 1.00. The van der Waals surface area contributed by atoms with E-state index in [1.807, 2.05) is 20.8 Å². The molecule has 1 saturated heterocycles. The first kappa shape index (κ1) is 11.4. The molecule has 0 unspecified atom stereocenters. The molecule has 0 aromatic carbocycles. The predicted molar refractivity (Wildman–Crippen MR) is 53.5 cm³/mol. The maximum atomic E-state index is 5.64. The largest absolute Gasteiger partial charge is 0.333 e. The van der Waals surface area contributed by atoms with Crippen molar-refractivity contribution in [2.24, 2.45) is 0 Å². The molecule has 0 radical (unpaired) electrons. The van der Waals surface area contributed by atoms with Crippen LogP contribution in [0.15, 0.2) is 0 Å². The van der Waals surface area contributed by atoms with Gasteiger partial charge in [0.2, 0.25) is 0 Å². The summed E-state index contributed by atoms with van der Waals surface area (Å²) in [5, 5.41) is 0. The zero-order valence-electron chi connectivity index (χ0n) is 9.03. The van der Waals surface area contributed by atoms with Crippen LogP contribution in [0.1, 0.15) is 41.0 Å². The Labute approximate surface area is 81.8 Å². The molecule has 3 nitrogen and oxygen atoms in total. The lowest BCUT2D eigenvalue weighted by molar-refractivity contribution is 0.00141. The maximum absolute atomic E-state index is 5.64. The van der Waals surface area contributed by atoms with E-state index < -0.39 is 8.60 Å². The Morgan fingerprint density at radius 2 is 1.62 bits per heavy atom. The van der Waals surface area contributed by atoms with Gasteiger partial charge in [-0.3, -0.25) is 0 Å². The molecule has 13 heavy (non-hydrogen) atoms. The van der Waals surface area contributed by atoms with Gasteiger partial charge in [-0.05, 0) is 34.6 Å². The summed E-state index contributed by atoms with van der Waals surface area (Å²) >= 11 is 0. The first-order chi connectivity index (χ1) is 5.87. The summed E-state index contributed by atoms with van der Waals surface area (Å²) in [5.41, 5.74) is -0.192. The van der Waals surface area contributed by atoms with Crippen LogP contribution in [0.5, 0.6) is 0 Å². The standard InChI is InChI=1S/C9H19O3P/c1-7-6-8(2)11-13(10-7)12-9(3,4)5/h7-8H,6H2,1-5H3/t7-,8-/m1/s1. The van der Waals surface area contributed by atoms with Crippen molar-refractivity contribution in [3.63, 3.8) is 0 Å². The first-order valence-electron chi connectivity index (χ1n) is 4.69. The Morgan fingerprint density at radius 1 is 1.15 bits per heavy atom. The Morgan fingerprint density at radius 3 is 2.00 bits per heavy atom. The van der Waals surface area contributed by atoms with Crippen molar-refractivity contribution in [2.45, 2.75) is 58.8 Å². The minimum Gasteiger partial charge on any atom is -0.309 e. The molecule has 1 heterocycles. The van der Waals surface area contributed by atoms with Crippen LogP contribution in [0.3, 0.4) is 0 Å². The molecular formula is C9H19O3P. The SMILES string of the molecule is C[C@@H]1C[C@@H](C)OP(OC(C)(C)C)O1. The lowest BCUT2D eigenvalue weighted by Gasteiger charge is -2.33. The highest BCUT2D eigenvalue weighted by Gasteiger charge is 2.30. The lowest BCUT2D eigenvalue weighted by atomic mass is 10.2. The summed E-state index contributed by atoms with van der Waals surface area (Å²) < 4.78 is 16.7. The highest BCUT2D eigenvalue weighted by molar-refractivity contribution is 7.41. The van der Waals surface area contributed by atoms with E-state index in [0.29, 0.717) is 0 Å². The van der Waals surface area contributed by atoms with Gasteiger partial charge in [-0.15, -0.1) is 0 Å². The van der Waals surface area contributed by atoms with Crippen molar-refractivity contribution in [3.05, 3.63) is 0 Å². The molecule has 1 aliphatic rings. The second-order valence-corrected chi connectivity index (χ2v) is 5.55. The zero-order chi connectivity index (χ0) is 10.1. The summed E-state index contributed by atoms with van der Waals surface area (Å²) in [6.45, 7) is 10.1. The predicted octanol–water partition coefficient (Wildman–Crippen LogP) is 3.24. The van der Waals surface area contributed by atoms with E-state index in [1.165, 1.54) is 0 Å². The van der Waals surface area contributed by atoms with Crippen LogP contribution in [0.2, 0.25) is 0 Å². The van der Waals surface area contributed by atoms with E-state index in [-0.39, 0.29) is 17.8 Å². The summed E-state index contributed by atoms with van der Waals surface area (Å²) in [7, 11) is -1.14. The average molecular weight is 206 g/mol. The van der Waals surface area contributed by atoms with E-state index in [1.54, 1.807) is 0 Å². The Hall–Kier alpha value is 0.310. The monoisotopic (exact) mass is 206 g/mol. The minimum atomic E-state index is -1.14. The third kappa shape index (κ3) is 4.37. The second-order valence-electron chi connectivity index (χ2n) is 4.50. The van der Waals surface area contributed by atoms with Gasteiger partial charge in [-0.25, -0.2) is 0 Å². The molecule has 2 atom stereocenters. The molecule has 0 aromatic heterocycles. The average Bonchev–Trinajstić information content (AvgIpc) is 1.78. The van der Waals surface area contributed by atoms with Gasteiger partial charge < -0.3 is 13.6 Å². The van der Waals surface area contributed by atoms with Crippen molar-refractivity contribution < 1.29 is 13.6 Å². The Bertz CT molecular complexity index is 157. The fourth-order valence-electron chi connectivity index (χ4n) is 1.14. The fourth-order valence-corrected chi connectivity index (χ4v) is 2.48. The molecule has 1 aliphatic heterocycles. The van der Waals surface area contributed by atoms with Gasteiger partial charge in [0.15, 0.2) is 0 Å². The smallest absolute Gasteiger partial charge is 0.309 e. The Kier molecular flexibility index (Phi) is 3.70. The maximum Gasteiger partial charge on any atom is 0.333 e. The number of hydrogen-bond acceptors (Lipinski definition) is 3. The van der Waals surface area contributed by atoms with Gasteiger partial charge in [0.25, 0.3) is 0 Å². The zero-order valence-corrected chi connectivity index (χ0v) is 9.93. The van der Waals surface area contributed by atoms with E-state index in [4.69, 9.17) is 13.6 Å². The van der Waals surface area contributed by atoms with Crippen LogP contribution in [0.4, 0.5) is 0 Å². The third-order valence-electron chi connectivity index (χ3n) is 1.54. The van der Waals surface area contributed by atoms with Crippen LogP contribution >= 0.6 is 8.60 Å². The summed E-state index contributed by atoms with van der Waals surface area (Å²) in [5.74, 6) is 0. The minimum absolute atomic E-state index is 0.192. The van der Waals surface area contributed by atoms with Crippen LogP contribution in [-0.4, -0.2) is 17.8 Å². The van der Waals surface area contributed by atoms with Crippen molar-refractivity contribution in [2.75, 3.05) is 0 Å². The number of rotatable bonds is 1. The molecule has 0 bridgehead atoms. The van der Waals surface area contributed by atoms with E-state index in [9.17, 15) is 0 Å². The lowest BCUT2D eigenvalue weighted by Crippen LogP contribution is -2.26. The topological polar surface area (TPSA) is 27.7 Å². The molecule has 1 rings (SSSR count). The molecule has 0 aromatic rings. The van der Waals surface area contributed by atoms with Gasteiger partial charge in [-0.1, -0.05) is 0 Å². The third-order valence-corrected chi connectivity index (χ3v) is 3.31. The van der Waals surface area contributed by atoms with Gasteiger partial charge in [0, 0.05) is 6.42 Å². The normalized spacial score (nSPS) is 36.2. The van der Waals surface area contributed by atoms with E-state index >= 15 is 0 Å². The summed E-state index contributed by atoms with van der Waals surface area (Å²) in [4.78, 5) is 0. The summed E-state index contributed by atoms with van der Waals surface area (Å²) in [6, 6.07) is 0. The molecule has 0 N–H and O–H groups in total. The van der Waals surface area contributed by atoms with E-state index in [0.717, 1.165) is 6.42 Å². The van der Waals surface area contributed by atoms with Gasteiger partial charge in [-0.2, -0.15) is 0 Å². The van der Waals surface area contributed by atoms with Crippen molar-refractivity contribution >= 4 is 8.60 Å². The molecular weight excluding hydrogens is 187 g/mol. The molecule has 0 aliphatic carbocycles. The number of hydrogen-bond donors (Lipinski definition) is 0. The van der Waals surface area contributed by atoms with Gasteiger partial charge in [0.05, 0.1) is 17.8 Å². The molecule has 78 valence electrons. The van der Waals surface area contributed by atoms with Crippen molar-refractivity contribution in [1.82, 2.24) is 0 Å². The first-order valence-corrected chi connectivity index (χ1v) is 5.79. The molecule has 0 spiro atoms. The van der Waals surface area contributed by atoms with E-state index in [2.05, 4.69) is 13.8 Å². The van der Waals surface area contributed by atoms with Gasteiger partial charge in [0.1, 0.15) is 0 Å². The van der Waals surface area contributed by atoms with Crippen LogP contribution in [0, 0.1) is 0 Å². The van der Waals surface area contributed by atoms with Crippen molar-refractivity contribution in [3.8, 4) is 0 Å². The molecule has 4 heteroatoms. The summed E-state index contributed by atoms with van der Waals surface area (Å²) in [6.07, 6.45) is 1.45. The highest BCUT2D eigenvalue weighted by atomic mass is 31.2. The van der Waals surface area contributed by atoms with Crippen molar-refractivity contribution in [1.29, 1.82) is 0 Å².